The number of imide groups is 1. The minimum atomic E-state index is -1.09. The van der Waals surface area contributed by atoms with Crippen LogP contribution in [0.25, 0.3) is 0 Å². The van der Waals surface area contributed by atoms with Crippen LogP contribution in [0.2, 0.25) is 0 Å². The maximum absolute atomic E-state index is 13.7. The van der Waals surface area contributed by atoms with Crippen LogP contribution < -0.4 is 14.4 Å². The van der Waals surface area contributed by atoms with E-state index >= 15 is 0 Å². The summed E-state index contributed by atoms with van der Waals surface area (Å²) in [5.41, 5.74) is 0.164. The summed E-state index contributed by atoms with van der Waals surface area (Å²) in [7, 11) is 0. The zero-order chi connectivity index (χ0) is 24.3. The highest BCUT2D eigenvalue weighted by Gasteiger charge is 2.64. The monoisotopic (exact) mass is 474 g/mol. The second kappa shape index (κ2) is 7.76. The van der Waals surface area contributed by atoms with Gasteiger partial charge < -0.3 is 9.47 Å². The third kappa shape index (κ3) is 3.11. The lowest BCUT2D eigenvalue weighted by molar-refractivity contribution is -0.384. The summed E-state index contributed by atoms with van der Waals surface area (Å²) in [6.07, 6.45) is 4.89. The van der Waals surface area contributed by atoms with Crippen molar-refractivity contribution in [1.82, 2.24) is 5.01 Å². The van der Waals surface area contributed by atoms with Crippen LogP contribution in [-0.4, -0.2) is 59.0 Å². The maximum Gasteiger partial charge on any atom is 0.270 e. The average Bonchev–Trinajstić information content (AvgIpc) is 3.35. The molecule has 0 aliphatic carbocycles. The van der Waals surface area contributed by atoms with E-state index in [4.69, 9.17) is 9.47 Å². The van der Waals surface area contributed by atoms with Crippen molar-refractivity contribution < 1.29 is 28.8 Å². The molecule has 35 heavy (non-hydrogen) atoms. The van der Waals surface area contributed by atoms with Gasteiger partial charge in [0.1, 0.15) is 19.3 Å². The van der Waals surface area contributed by atoms with E-state index in [-0.39, 0.29) is 11.3 Å². The zero-order valence-electron chi connectivity index (χ0n) is 18.1. The molecule has 0 unspecified atom stereocenters. The first-order valence-corrected chi connectivity index (χ1v) is 11.0. The minimum Gasteiger partial charge on any atom is -0.486 e. The number of hydrazone groups is 1. The Morgan fingerprint density at radius 1 is 1.03 bits per heavy atom. The largest absolute Gasteiger partial charge is 0.486 e. The van der Waals surface area contributed by atoms with Gasteiger partial charge in [-0.15, -0.1) is 0 Å². The third-order valence-corrected chi connectivity index (χ3v) is 6.68. The molecule has 2 saturated heterocycles. The molecule has 11 heteroatoms. The van der Waals surface area contributed by atoms with Crippen LogP contribution in [0, 0.1) is 22.0 Å². The third-order valence-electron chi connectivity index (χ3n) is 6.68. The number of hydrogen-bond acceptors (Lipinski definition) is 9. The number of fused-ring (bicyclic) bond motifs is 4. The van der Waals surface area contributed by atoms with E-state index in [1.165, 1.54) is 35.5 Å². The van der Waals surface area contributed by atoms with E-state index in [0.717, 1.165) is 4.90 Å². The predicted molar refractivity (Wildman–Crippen MR) is 121 cm³/mol. The number of carbonyl (C=O) groups is 3. The van der Waals surface area contributed by atoms with Crippen molar-refractivity contribution in [1.29, 1.82) is 0 Å². The fraction of sp³-hybridized carbons (Fsp3) is 0.250. The molecule has 2 aromatic carbocycles. The zero-order valence-corrected chi connectivity index (χ0v) is 18.1. The number of benzene rings is 2. The maximum atomic E-state index is 13.7. The number of nitro groups is 1. The summed E-state index contributed by atoms with van der Waals surface area (Å²) in [5, 5.41) is 17.0. The molecule has 2 amide bonds. The lowest BCUT2D eigenvalue weighted by Crippen LogP contribution is -2.46. The van der Waals surface area contributed by atoms with E-state index < -0.39 is 46.4 Å². The van der Waals surface area contributed by atoms with Gasteiger partial charge in [0.15, 0.2) is 17.3 Å². The number of amides is 2. The van der Waals surface area contributed by atoms with E-state index in [9.17, 15) is 24.5 Å². The fourth-order valence-corrected chi connectivity index (χ4v) is 5.21. The highest BCUT2D eigenvalue weighted by Crippen LogP contribution is 2.47. The highest BCUT2D eigenvalue weighted by molar-refractivity contribution is 6.24. The number of hydrogen-bond donors (Lipinski definition) is 0. The molecule has 0 N–H and O–H groups in total. The Balaban J connectivity index is 1.40. The first-order valence-electron chi connectivity index (χ1n) is 11.0. The summed E-state index contributed by atoms with van der Waals surface area (Å²) < 4.78 is 11.1. The van der Waals surface area contributed by atoms with Crippen LogP contribution in [0.1, 0.15) is 10.4 Å². The molecule has 0 bridgehead atoms. The molecule has 4 aliphatic heterocycles. The van der Waals surface area contributed by atoms with Gasteiger partial charge >= 0.3 is 0 Å². The molecular formula is C24H18N4O7. The van der Waals surface area contributed by atoms with Crippen LogP contribution >= 0.6 is 0 Å². The summed E-state index contributed by atoms with van der Waals surface area (Å²) in [5.74, 6) is -2.37. The van der Waals surface area contributed by atoms with Crippen LogP contribution in [0.5, 0.6) is 11.5 Å². The molecule has 6 rings (SSSR count). The second-order valence-electron chi connectivity index (χ2n) is 8.53. The van der Waals surface area contributed by atoms with Crippen molar-refractivity contribution >= 4 is 35.2 Å². The molecular weight excluding hydrogens is 456 g/mol. The van der Waals surface area contributed by atoms with E-state index in [0.29, 0.717) is 30.4 Å². The van der Waals surface area contributed by atoms with Gasteiger partial charge in [-0.3, -0.25) is 29.5 Å². The minimum absolute atomic E-state index is 0.0754. The Hall–Kier alpha value is -4.54. The molecule has 4 atom stereocenters. The van der Waals surface area contributed by atoms with Crippen molar-refractivity contribution in [2.45, 2.75) is 12.1 Å². The number of nitro benzene ring substituents is 1. The Labute approximate surface area is 198 Å². The number of nitrogens with zero attached hydrogens (tertiary/aromatic N) is 4. The number of ether oxygens (including phenoxy) is 2. The van der Waals surface area contributed by atoms with Gasteiger partial charge in [0.25, 0.3) is 5.69 Å². The molecule has 0 aromatic heterocycles. The SMILES string of the molecule is O=C(c1cccc([N+](=O)[O-])c1)[C@H]1[C@@H]2C(=O)N(c3ccc4c(c3)OCCO4)C(=O)[C@@H]2[C@H]2C=CC=NN21. The summed E-state index contributed by atoms with van der Waals surface area (Å²) in [6.45, 7) is 0.757. The van der Waals surface area contributed by atoms with Gasteiger partial charge in [-0.05, 0) is 18.2 Å². The number of non-ortho nitro benzene ring substituents is 1. The fourth-order valence-electron chi connectivity index (χ4n) is 5.21. The normalized spacial score (nSPS) is 26.1. The summed E-state index contributed by atoms with van der Waals surface area (Å²) >= 11 is 0. The Morgan fingerprint density at radius 3 is 2.60 bits per heavy atom. The van der Waals surface area contributed by atoms with Gasteiger partial charge in [-0.2, -0.15) is 5.10 Å². The quantitative estimate of drug-likeness (QED) is 0.284. The van der Waals surface area contributed by atoms with Crippen molar-refractivity contribution in [2.75, 3.05) is 18.1 Å². The molecule has 4 heterocycles. The Bertz CT molecular complexity index is 1350. The predicted octanol–water partition coefficient (Wildman–Crippen LogP) is 1.96. The van der Waals surface area contributed by atoms with E-state index in [1.54, 1.807) is 30.4 Å². The number of ketones is 1. The standard InChI is InChI=1S/C24H18N4O7/c29-22(13-3-1-4-15(11-13)28(32)33)21-20-19(16-5-2-8-25-27(16)21)23(30)26(24(20)31)14-6-7-17-18(12-14)35-10-9-34-17/h1-8,11-12,16,19-21H,9-10H2/t16-,19-,20-,21-/m1/s1. The second-order valence-corrected chi connectivity index (χ2v) is 8.53. The van der Waals surface area contributed by atoms with Gasteiger partial charge in [0, 0.05) is 30.0 Å². The van der Waals surface area contributed by atoms with Crippen LogP contribution in [0.15, 0.2) is 59.7 Å². The van der Waals surface area contributed by atoms with Crippen molar-refractivity contribution in [3.8, 4) is 11.5 Å². The number of anilines is 1. The van der Waals surface area contributed by atoms with Crippen LogP contribution in [-0.2, 0) is 9.59 Å². The molecule has 176 valence electrons. The molecule has 2 fully saturated rings. The molecule has 0 spiro atoms. The van der Waals surface area contributed by atoms with Gasteiger partial charge in [0.2, 0.25) is 11.8 Å². The number of rotatable bonds is 4. The van der Waals surface area contributed by atoms with E-state index in [1.807, 2.05) is 0 Å². The van der Waals surface area contributed by atoms with Crippen LogP contribution in [0.4, 0.5) is 11.4 Å². The topological polar surface area (TPSA) is 132 Å². The summed E-state index contributed by atoms with van der Waals surface area (Å²) in [6, 6.07) is 8.47. The molecule has 0 saturated carbocycles. The van der Waals surface area contributed by atoms with E-state index in [2.05, 4.69) is 5.10 Å². The number of allylic oxidation sites excluding steroid dienone is 1. The summed E-state index contributed by atoms with van der Waals surface area (Å²) in [4.78, 5) is 52.6. The Morgan fingerprint density at radius 2 is 1.80 bits per heavy atom. The number of carbonyl (C=O) groups excluding carboxylic acids is 3. The van der Waals surface area contributed by atoms with Crippen LogP contribution in [0.3, 0.4) is 0 Å². The van der Waals surface area contributed by atoms with Crippen molar-refractivity contribution in [2.24, 2.45) is 16.9 Å². The van der Waals surface area contributed by atoms with Gasteiger partial charge in [0.05, 0.1) is 28.5 Å². The highest BCUT2D eigenvalue weighted by atomic mass is 16.6. The molecule has 0 radical (unpaired) electrons. The van der Waals surface area contributed by atoms with Crippen molar-refractivity contribution in [3.05, 3.63) is 70.3 Å². The van der Waals surface area contributed by atoms with Gasteiger partial charge in [-0.25, -0.2) is 4.90 Å². The van der Waals surface area contributed by atoms with Gasteiger partial charge in [-0.1, -0.05) is 18.2 Å². The van der Waals surface area contributed by atoms with Crippen molar-refractivity contribution in [3.63, 3.8) is 0 Å². The first-order chi connectivity index (χ1) is 17.0. The lowest BCUT2D eigenvalue weighted by Gasteiger charge is -2.30. The molecule has 2 aromatic rings. The first kappa shape index (κ1) is 21.0. The average molecular weight is 474 g/mol. The molecule has 4 aliphatic rings. The smallest absolute Gasteiger partial charge is 0.270 e. The molecule has 11 nitrogen and oxygen atoms in total. The lowest BCUT2D eigenvalue weighted by atomic mass is 9.86. The Kier molecular flexibility index (Phi) is 4.66. The number of Topliss-reactive ketones (excluding diaryl/α,β-unsaturated/α-hetero) is 1.